The first kappa shape index (κ1) is 12.0. The van der Waals surface area contributed by atoms with Crippen molar-refractivity contribution in [3.63, 3.8) is 0 Å². The van der Waals surface area contributed by atoms with Crippen LogP contribution in [-0.4, -0.2) is 21.0 Å². The van der Waals surface area contributed by atoms with Crippen LogP contribution >= 0.6 is 0 Å². The van der Waals surface area contributed by atoms with E-state index < -0.39 is 5.97 Å². The molecule has 0 amide bonds. The first-order valence-electron chi connectivity index (χ1n) is 5.50. The lowest BCUT2D eigenvalue weighted by molar-refractivity contribution is 0.0690. The summed E-state index contributed by atoms with van der Waals surface area (Å²) < 4.78 is 0. The molecule has 0 atom stereocenters. The Bertz CT molecular complexity index is 552. The maximum atomic E-state index is 10.6. The highest BCUT2D eigenvalue weighted by Crippen LogP contribution is 2.09. The second-order valence-corrected chi connectivity index (χ2v) is 3.86. The number of carboxylic acids is 1. The molecule has 0 unspecified atom stereocenters. The predicted octanol–water partition coefficient (Wildman–Crippen LogP) is 2.10. The molecular weight excluding hydrogens is 230 g/mol. The highest BCUT2D eigenvalue weighted by molar-refractivity contribution is 5.85. The topological polar surface area (TPSA) is 75.1 Å². The quantitative estimate of drug-likeness (QED) is 0.860. The van der Waals surface area contributed by atoms with Gasteiger partial charge < -0.3 is 10.4 Å². The Kier molecular flexibility index (Phi) is 3.52. The molecule has 0 aliphatic heterocycles. The molecular formula is C13H13N3O2. The summed E-state index contributed by atoms with van der Waals surface area (Å²) in [5.74, 6) is -1.03. The summed E-state index contributed by atoms with van der Waals surface area (Å²) in [5.41, 5.74) is 2.87. The fraction of sp³-hybridized carbons (Fsp3) is 0.154. The maximum absolute atomic E-state index is 10.6. The Balaban J connectivity index is 2.02. The van der Waals surface area contributed by atoms with Crippen molar-refractivity contribution < 1.29 is 9.90 Å². The van der Waals surface area contributed by atoms with Crippen LogP contribution in [0.4, 0.5) is 5.69 Å². The molecule has 2 heterocycles. The van der Waals surface area contributed by atoms with Crippen LogP contribution in [0.2, 0.25) is 0 Å². The number of carboxylic acid groups (broad SMARTS) is 1. The van der Waals surface area contributed by atoms with Crippen LogP contribution in [0.5, 0.6) is 0 Å². The highest BCUT2D eigenvalue weighted by atomic mass is 16.4. The summed E-state index contributed by atoms with van der Waals surface area (Å²) in [7, 11) is 0. The monoisotopic (exact) mass is 243 g/mol. The third kappa shape index (κ3) is 2.82. The number of aromatic carboxylic acids is 1. The van der Waals surface area contributed by atoms with Crippen LogP contribution in [0.25, 0.3) is 0 Å². The zero-order chi connectivity index (χ0) is 13.0. The molecule has 0 bridgehead atoms. The Morgan fingerprint density at radius 1 is 1.33 bits per heavy atom. The molecule has 0 saturated heterocycles. The van der Waals surface area contributed by atoms with Gasteiger partial charge in [-0.05, 0) is 30.7 Å². The summed E-state index contributed by atoms with van der Waals surface area (Å²) in [6.07, 6.45) is 3.25. The molecule has 0 aliphatic carbocycles. The predicted molar refractivity (Wildman–Crippen MR) is 67.5 cm³/mol. The van der Waals surface area contributed by atoms with Crippen LogP contribution < -0.4 is 5.32 Å². The molecule has 0 aromatic carbocycles. The van der Waals surface area contributed by atoms with E-state index in [1.165, 1.54) is 12.3 Å². The van der Waals surface area contributed by atoms with E-state index in [-0.39, 0.29) is 5.69 Å². The molecule has 0 radical (unpaired) electrons. The molecule has 2 rings (SSSR count). The van der Waals surface area contributed by atoms with Gasteiger partial charge in [0.15, 0.2) is 0 Å². The van der Waals surface area contributed by atoms with E-state index in [0.29, 0.717) is 6.54 Å². The van der Waals surface area contributed by atoms with E-state index in [0.717, 1.165) is 16.9 Å². The van der Waals surface area contributed by atoms with Gasteiger partial charge in [0.05, 0.1) is 24.1 Å². The van der Waals surface area contributed by atoms with Crippen molar-refractivity contribution in [1.82, 2.24) is 9.97 Å². The summed E-state index contributed by atoms with van der Waals surface area (Å²) in [4.78, 5) is 18.7. The minimum absolute atomic E-state index is 0.0366. The number of hydrogen-bond donors (Lipinski definition) is 2. The average Bonchev–Trinajstić information content (AvgIpc) is 2.38. The Morgan fingerprint density at radius 2 is 2.17 bits per heavy atom. The molecule has 18 heavy (non-hydrogen) atoms. The standard InChI is InChI=1S/C13H13N3O2/c1-9-3-2-6-14-12(9)8-15-10-4-5-11(13(17)18)16-7-10/h2-7,15H,8H2,1H3,(H,17,18). The number of nitrogens with zero attached hydrogens (tertiary/aromatic N) is 2. The third-order valence-corrected chi connectivity index (χ3v) is 2.56. The van der Waals surface area contributed by atoms with Gasteiger partial charge in [0.25, 0.3) is 0 Å². The average molecular weight is 243 g/mol. The van der Waals surface area contributed by atoms with Gasteiger partial charge in [-0.2, -0.15) is 0 Å². The molecule has 92 valence electrons. The van der Waals surface area contributed by atoms with Crippen molar-refractivity contribution in [2.45, 2.75) is 13.5 Å². The van der Waals surface area contributed by atoms with E-state index in [9.17, 15) is 4.79 Å². The fourth-order valence-corrected chi connectivity index (χ4v) is 1.51. The summed E-state index contributed by atoms with van der Waals surface area (Å²) in [6, 6.07) is 7.04. The minimum atomic E-state index is -1.03. The molecule has 2 N–H and O–H groups in total. The van der Waals surface area contributed by atoms with Crippen LogP contribution in [0.15, 0.2) is 36.7 Å². The van der Waals surface area contributed by atoms with Crippen molar-refractivity contribution >= 4 is 11.7 Å². The van der Waals surface area contributed by atoms with Crippen molar-refractivity contribution in [3.05, 3.63) is 53.6 Å². The van der Waals surface area contributed by atoms with Crippen LogP contribution in [0, 0.1) is 6.92 Å². The summed E-state index contributed by atoms with van der Waals surface area (Å²) in [6.45, 7) is 2.58. The lowest BCUT2D eigenvalue weighted by Gasteiger charge is -2.07. The van der Waals surface area contributed by atoms with E-state index in [1.807, 2.05) is 19.1 Å². The lowest BCUT2D eigenvalue weighted by Crippen LogP contribution is -2.05. The number of carbonyl (C=O) groups is 1. The van der Waals surface area contributed by atoms with Gasteiger partial charge in [-0.3, -0.25) is 4.98 Å². The van der Waals surface area contributed by atoms with Crippen LogP contribution in [0.3, 0.4) is 0 Å². The smallest absolute Gasteiger partial charge is 0.354 e. The molecule has 0 saturated carbocycles. The zero-order valence-corrected chi connectivity index (χ0v) is 9.92. The van der Waals surface area contributed by atoms with Gasteiger partial charge in [-0.1, -0.05) is 6.07 Å². The first-order valence-corrected chi connectivity index (χ1v) is 5.50. The van der Waals surface area contributed by atoms with Gasteiger partial charge >= 0.3 is 5.97 Å². The maximum Gasteiger partial charge on any atom is 0.354 e. The normalized spacial score (nSPS) is 10.1. The lowest BCUT2D eigenvalue weighted by atomic mass is 10.2. The second kappa shape index (κ2) is 5.27. The highest BCUT2D eigenvalue weighted by Gasteiger charge is 2.04. The number of aromatic nitrogens is 2. The van der Waals surface area contributed by atoms with Crippen LogP contribution in [-0.2, 0) is 6.54 Å². The molecule has 2 aromatic heterocycles. The molecule has 0 spiro atoms. The third-order valence-electron chi connectivity index (χ3n) is 2.56. The number of anilines is 1. The van der Waals surface area contributed by atoms with Crippen molar-refractivity contribution in [2.24, 2.45) is 0 Å². The minimum Gasteiger partial charge on any atom is -0.477 e. The Hall–Kier alpha value is -2.43. The van der Waals surface area contributed by atoms with E-state index in [2.05, 4.69) is 15.3 Å². The molecule has 0 aliphatic rings. The van der Waals surface area contributed by atoms with E-state index in [1.54, 1.807) is 12.3 Å². The van der Waals surface area contributed by atoms with Gasteiger partial charge in [0.2, 0.25) is 0 Å². The van der Waals surface area contributed by atoms with Gasteiger partial charge in [-0.15, -0.1) is 0 Å². The summed E-state index contributed by atoms with van der Waals surface area (Å²) in [5, 5.41) is 11.9. The van der Waals surface area contributed by atoms with Crippen molar-refractivity contribution in [1.29, 1.82) is 0 Å². The molecule has 2 aromatic rings. The summed E-state index contributed by atoms with van der Waals surface area (Å²) >= 11 is 0. The van der Waals surface area contributed by atoms with E-state index in [4.69, 9.17) is 5.11 Å². The van der Waals surface area contributed by atoms with Gasteiger partial charge in [0.1, 0.15) is 5.69 Å². The van der Waals surface area contributed by atoms with E-state index >= 15 is 0 Å². The number of aryl methyl sites for hydroxylation is 1. The number of pyridine rings is 2. The van der Waals surface area contributed by atoms with Gasteiger partial charge in [-0.25, -0.2) is 9.78 Å². The van der Waals surface area contributed by atoms with Crippen LogP contribution in [0.1, 0.15) is 21.7 Å². The first-order chi connectivity index (χ1) is 8.66. The SMILES string of the molecule is Cc1cccnc1CNc1ccc(C(=O)O)nc1. The molecule has 5 heteroatoms. The number of hydrogen-bond acceptors (Lipinski definition) is 4. The van der Waals surface area contributed by atoms with Crippen molar-refractivity contribution in [3.8, 4) is 0 Å². The van der Waals surface area contributed by atoms with Gasteiger partial charge in [0, 0.05) is 6.20 Å². The zero-order valence-electron chi connectivity index (χ0n) is 9.92. The molecule has 0 fully saturated rings. The number of nitrogens with one attached hydrogen (secondary N) is 1. The Labute approximate surface area is 105 Å². The fourth-order valence-electron chi connectivity index (χ4n) is 1.51. The van der Waals surface area contributed by atoms with Crippen molar-refractivity contribution in [2.75, 3.05) is 5.32 Å². The second-order valence-electron chi connectivity index (χ2n) is 3.86. The number of rotatable bonds is 4. The molecule has 5 nitrogen and oxygen atoms in total. The Morgan fingerprint density at radius 3 is 2.78 bits per heavy atom. The largest absolute Gasteiger partial charge is 0.477 e.